The molecule has 1 fully saturated rings. The minimum Gasteiger partial charge on any atom is -0.378 e. The van der Waals surface area contributed by atoms with Crippen LogP contribution in [0.25, 0.3) is 0 Å². The Balaban J connectivity index is 2.32. The van der Waals surface area contributed by atoms with Gasteiger partial charge in [-0.3, -0.25) is 4.79 Å². The van der Waals surface area contributed by atoms with E-state index in [-0.39, 0.29) is 35.4 Å². The van der Waals surface area contributed by atoms with Crippen molar-refractivity contribution >= 4 is 5.91 Å². The largest absolute Gasteiger partial charge is 0.378 e. The molecule has 4 heteroatoms. The van der Waals surface area contributed by atoms with Crippen molar-refractivity contribution in [3.8, 4) is 0 Å². The van der Waals surface area contributed by atoms with Gasteiger partial charge >= 0.3 is 0 Å². The highest BCUT2D eigenvalue weighted by Gasteiger charge is 2.49. The lowest BCUT2D eigenvalue weighted by atomic mass is 9.64. The molecule has 0 bridgehead atoms. The van der Waals surface area contributed by atoms with E-state index in [1.807, 2.05) is 20.8 Å². The lowest BCUT2D eigenvalue weighted by molar-refractivity contribution is -0.139. The van der Waals surface area contributed by atoms with Crippen molar-refractivity contribution in [3.05, 3.63) is 0 Å². The average molecular weight is 284 g/mol. The number of nitrogens with two attached hydrogens (primary N) is 1. The minimum atomic E-state index is 0.0389. The van der Waals surface area contributed by atoms with E-state index in [1.165, 1.54) is 0 Å². The maximum Gasteiger partial charge on any atom is 0.223 e. The van der Waals surface area contributed by atoms with Crippen LogP contribution in [-0.2, 0) is 9.53 Å². The van der Waals surface area contributed by atoms with Crippen LogP contribution in [-0.4, -0.2) is 30.7 Å². The van der Waals surface area contributed by atoms with Gasteiger partial charge in [0.05, 0.1) is 6.10 Å². The van der Waals surface area contributed by atoms with Gasteiger partial charge in [0.1, 0.15) is 0 Å². The molecular weight excluding hydrogens is 252 g/mol. The van der Waals surface area contributed by atoms with Gasteiger partial charge in [-0.1, -0.05) is 27.2 Å². The van der Waals surface area contributed by atoms with E-state index in [2.05, 4.69) is 19.2 Å². The predicted octanol–water partition coefficient (Wildman–Crippen LogP) is 2.46. The fraction of sp³-hybridized carbons (Fsp3) is 0.938. The second-order valence-electron chi connectivity index (χ2n) is 6.87. The molecule has 0 aliphatic heterocycles. The fourth-order valence-electron chi connectivity index (χ4n) is 2.81. The molecule has 0 spiro atoms. The SMILES string of the molecule is CCOC1CC(NC(=O)C(C)CCCC(C)N)C1(C)C. The zero-order valence-electron chi connectivity index (χ0n) is 13.7. The molecule has 1 aliphatic rings. The summed E-state index contributed by atoms with van der Waals surface area (Å²) >= 11 is 0. The van der Waals surface area contributed by atoms with Crippen LogP contribution in [0, 0.1) is 11.3 Å². The Morgan fingerprint density at radius 1 is 1.40 bits per heavy atom. The van der Waals surface area contributed by atoms with Crippen molar-refractivity contribution in [2.24, 2.45) is 17.1 Å². The fourth-order valence-corrected chi connectivity index (χ4v) is 2.81. The molecule has 0 saturated heterocycles. The summed E-state index contributed by atoms with van der Waals surface area (Å²) in [7, 11) is 0. The number of ether oxygens (including phenoxy) is 1. The van der Waals surface area contributed by atoms with Gasteiger partial charge in [0.25, 0.3) is 0 Å². The first-order valence-corrected chi connectivity index (χ1v) is 7.96. The highest BCUT2D eigenvalue weighted by molar-refractivity contribution is 5.78. The van der Waals surface area contributed by atoms with Gasteiger partial charge in [-0.15, -0.1) is 0 Å². The van der Waals surface area contributed by atoms with Gasteiger partial charge in [0, 0.05) is 30.0 Å². The van der Waals surface area contributed by atoms with E-state index in [9.17, 15) is 4.79 Å². The molecule has 1 rings (SSSR count). The van der Waals surface area contributed by atoms with Crippen molar-refractivity contribution < 1.29 is 9.53 Å². The van der Waals surface area contributed by atoms with E-state index >= 15 is 0 Å². The molecule has 1 saturated carbocycles. The molecule has 1 amide bonds. The maximum absolute atomic E-state index is 12.2. The Morgan fingerprint density at radius 3 is 2.55 bits per heavy atom. The number of amides is 1. The summed E-state index contributed by atoms with van der Waals surface area (Å²) in [4.78, 5) is 12.2. The Bertz CT molecular complexity index is 316. The average Bonchev–Trinajstić information content (AvgIpc) is 2.36. The van der Waals surface area contributed by atoms with Crippen LogP contribution in [0.3, 0.4) is 0 Å². The van der Waals surface area contributed by atoms with Crippen LogP contribution in [0.1, 0.15) is 60.3 Å². The first kappa shape index (κ1) is 17.4. The first-order chi connectivity index (χ1) is 9.28. The van der Waals surface area contributed by atoms with E-state index in [1.54, 1.807) is 0 Å². The van der Waals surface area contributed by atoms with Gasteiger partial charge in [-0.05, 0) is 33.1 Å². The van der Waals surface area contributed by atoms with Crippen LogP contribution < -0.4 is 11.1 Å². The molecule has 0 aromatic rings. The number of rotatable bonds is 8. The molecule has 0 radical (unpaired) electrons. The van der Waals surface area contributed by atoms with Crippen LogP contribution in [0.2, 0.25) is 0 Å². The Labute approximate surface area is 123 Å². The number of carbonyl (C=O) groups is 1. The quantitative estimate of drug-likeness (QED) is 0.719. The third kappa shape index (κ3) is 4.45. The second-order valence-corrected chi connectivity index (χ2v) is 6.87. The lowest BCUT2D eigenvalue weighted by Crippen LogP contribution is -2.62. The van der Waals surface area contributed by atoms with Crippen molar-refractivity contribution in [1.82, 2.24) is 5.32 Å². The smallest absolute Gasteiger partial charge is 0.223 e. The number of hydrogen-bond acceptors (Lipinski definition) is 3. The monoisotopic (exact) mass is 284 g/mol. The van der Waals surface area contributed by atoms with E-state index < -0.39 is 0 Å². The predicted molar refractivity (Wildman–Crippen MR) is 82.4 cm³/mol. The molecule has 4 nitrogen and oxygen atoms in total. The number of hydrogen-bond donors (Lipinski definition) is 2. The standard InChI is InChI=1S/C16H32N2O2/c1-6-20-14-10-13(16(14,4)5)18-15(19)11(2)8-7-9-12(3)17/h11-14H,6-10,17H2,1-5H3,(H,18,19). The summed E-state index contributed by atoms with van der Waals surface area (Å²) in [6.45, 7) is 11.1. The minimum absolute atomic E-state index is 0.0389. The Morgan fingerprint density at radius 2 is 2.05 bits per heavy atom. The summed E-state index contributed by atoms with van der Waals surface area (Å²) in [6.07, 6.45) is 4.11. The molecule has 1 aliphatic carbocycles. The molecule has 3 N–H and O–H groups in total. The first-order valence-electron chi connectivity index (χ1n) is 7.96. The summed E-state index contributed by atoms with van der Waals surface area (Å²) in [5.74, 6) is 0.235. The van der Waals surface area contributed by atoms with E-state index in [0.29, 0.717) is 0 Å². The van der Waals surface area contributed by atoms with E-state index in [0.717, 1.165) is 32.3 Å². The molecule has 0 heterocycles. The molecule has 118 valence electrons. The van der Waals surface area contributed by atoms with Gasteiger partial charge in [-0.25, -0.2) is 0 Å². The molecule has 20 heavy (non-hydrogen) atoms. The normalized spacial score (nSPS) is 27.5. The van der Waals surface area contributed by atoms with Gasteiger partial charge in [0.2, 0.25) is 5.91 Å². The summed E-state index contributed by atoms with van der Waals surface area (Å²) < 4.78 is 5.69. The third-order valence-corrected chi connectivity index (χ3v) is 4.61. The van der Waals surface area contributed by atoms with Crippen LogP contribution >= 0.6 is 0 Å². The molecular formula is C16H32N2O2. The number of carbonyl (C=O) groups excluding carboxylic acids is 1. The molecule has 0 aromatic carbocycles. The Kier molecular flexibility index (Phi) is 6.46. The highest BCUT2D eigenvalue weighted by Crippen LogP contribution is 2.42. The molecule has 0 aromatic heterocycles. The van der Waals surface area contributed by atoms with Gasteiger partial charge in [0.15, 0.2) is 0 Å². The third-order valence-electron chi connectivity index (χ3n) is 4.61. The second kappa shape index (κ2) is 7.41. The molecule has 4 atom stereocenters. The van der Waals surface area contributed by atoms with Crippen LogP contribution in [0.15, 0.2) is 0 Å². The van der Waals surface area contributed by atoms with Gasteiger partial charge in [-0.2, -0.15) is 0 Å². The van der Waals surface area contributed by atoms with E-state index in [4.69, 9.17) is 10.5 Å². The van der Waals surface area contributed by atoms with Crippen LogP contribution in [0.5, 0.6) is 0 Å². The van der Waals surface area contributed by atoms with Crippen molar-refractivity contribution in [3.63, 3.8) is 0 Å². The zero-order chi connectivity index (χ0) is 15.3. The lowest BCUT2D eigenvalue weighted by Gasteiger charge is -2.51. The van der Waals surface area contributed by atoms with Crippen LogP contribution in [0.4, 0.5) is 0 Å². The highest BCUT2D eigenvalue weighted by atomic mass is 16.5. The topological polar surface area (TPSA) is 64.3 Å². The maximum atomic E-state index is 12.2. The van der Waals surface area contributed by atoms with Gasteiger partial charge < -0.3 is 15.8 Å². The van der Waals surface area contributed by atoms with Crippen molar-refractivity contribution in [2.45, 2.75) is 78.5 Å². The Hall–Kier alpha value is -0.610. The molecule has 4 unspecified atom stereocenters. The summed E-state index contributed by atoms with van der Waals surface area (Å²) in [5.41, 5.74) is 5.77. The zero-order valence-corrected chi connectivity index (χ0v) is 13.7. The summed E-state index contributed by atoms with van der Waals surface area (Å²) in [6, 6.07) is 0.463. The van der Waals surface area contributed by atoms with Crippen molar-refractivity contribution in [2.75, 3.05) is 6.61 Å². The number of nitrogens with one attached hydrogen (secondary N) is 1. The summed E-state index contributed by atoms with van der Waals surface area (Å²) in [5, 5.41) is 3.18. The van der Waals surface area contributed by atoms with Crippen molar-refractivity contribution in [1.29, 1.82) is 0 Å².